The van der Waals surface area contributed by atoms with Crippen molar-refractivity contribution in [1.29, 1.82) is 0 Å². The Kier molecular flexibility index (Phi) is 12.4. The normalized spacial score (nSPS) is 26.3. The molecule has 334 valence electrons. The van der Waals surface area contributed by atoms with E-state index in [0.29, 0.717) is 50.0 Å². The zero-order valence-corrected chi connectivity index (χ0v) is 37.1. The Bertz CT molecular complexity index is 2360. The van der Waals surface area contributed by atoms with Crippen molar-refractivity contribution in [3.63, 3.8) is 0 Å². The first-order valence-electron chi connectivity index (χ1n) is 22.1. The minimum atomic E-state index is -3.94. The zero-order valence-electron chi connectivity index (χ0n) is 36.3. The summed E-state index contributed by atoms with van der Waals surface area (Å²) >= 11 is 0. The smallest absolute Gasteiger partial charge is 0.408 e. The third-order valence-corrected chi connectivity index (χ3v) is 14.5. The van der Waals surface area contributed by atoms with Crippen LogP contribution >= 0.6 is 0 Å². The van der Waals surface area contributed by atoms with Gasteiger partial charge >= 0.3 is 6.09 Å². The Labute approximate surface area is 369 Å². The molecule has 15 heteroatoms. The summed E-state index contributed by atoms with van der Waals surface area (Å²) in [4.78, 5) is 65.9. The highest BCUT2D eigenvalue weighted by Gasteiger charge is 2.62. The van der Waals surface area contributed by atoms with Crippen LogP contribution in [-0.2, 0) is 40.4 Å². The summed E-state index contributed by atoms with van der Waals surface area (Å²) in [5.41, 5.74) is 2.99. The van der Waals surface area contributed by atoms with E-state index in [9.17, 15) is 18.0 Å². The molecule has 14 nitrogen and oxygen atoms in total. The second-order valence-electron chi connectivity index (χ2n) is 18.3. The van der Waals surface area contributed by atoms with Gasteiger partial charge in [0.15, 0.2) is 0 Å². The molecule has 5 aliphatic rings. The van der Waals surface area contributed by atoms with E-state index in [4.69, 9.17) is 19.5 Å². The van der Waals surface area contributed by atoms with Crippen LogP contribution in [0.1, 0.15) is 102 Å². The van der Waals surface area contributed by atoms with Crippen molar-refractivity contribution in [2.45, 2.75) is 132 Å². The molecular formula is C48H57N5O9S. The molecule has 3 fully saturated rings. The third-order valence-electron chi connectivity index (χ3n) is 12.6. The van der Waals surface area contributed by atoms with E-state index in [1.807, 2.05) is 84.9 Å². The first-order chi connectivity index (χ1) is 30.2. The summed E-state index contributed by atoms with van der Waals surface area (Å²) in [6, 6.07) is 20.5. The first kappa shape index (κ1) is 43.9. The Hall–Kier alpha value is -5.70. The van der Waals surface area contributed by atoms with Crippen LogP contribution in [0.2, 0.25) is 0 Å². The lowest BCUT2D eigenvalue weighted by molar-refractivity contribution is -0.143. The summed E-state index contributed by atoms with van der Waals surface area (Å²) in [5, 5.41) is 9.97. The Morgan fingerprint density at radius 1 is 0.905 bits per heavy atom. The fourth-order valence-corrected chi connectivity index (χ4v) is 10.5. The van der Waals surface area contributed by atoms with Gasteiger partial charge in [0, 0.05) is 23.5 Å². The first-order valence-corrected chi connectivity index (χ1v) is 23.6. The molecule has 3 aromatic rings. The van der Waals surface area contributed by atoms with Gasteiger partial charge in [-0.15, -0.1) is 0 Å². The quantitative estimate of drug-likeness (QED) is 0.121. The van der Waals surface area contributed by atoms with E-state index in [1.165, 1.54) is 4.90 Å². The van der Waals surface area contributed by atoms with Crippen LogP contribution in [0.25, 0.3) is 11.1 Å². The molecule has 63 heavy (non-hydrogen) atoms. The largest absolute Gasteiger partial charge is 0.497 e. The Morgan fingerprint density at radius 2 is 1.57 bits per heavy atom. The molecule has 4 amide bonds. The van der Waals surface area contributed by atoms with E-state index in [-0.39, 0.29) is 19.3 Å². The minimum absolute atomic E-state index is 0.00264. The van der Waals surface area contributed by atoms with Gasteiger partial charge in [-0.2, -0.15) is 0 Å². The van der Waals surface area contributed by atoms with Gasteiger partial charge in [-0.3, -0.25) is 19.1 Å². The van der Waals surface area contributed by atoms with Gasteiger partial charge in [0.05, 0.1) is 18.4 Å². The number of sulfonamides is 1. The number of benzene rings is 3. The van der Waals surface area contributed by atoms with Gasteiger partial charge in [-0.05, 0) is 101 Å². The molecule has 0 spiro atoms. The van der Waals surface area contributed by atoms with Gasteiger partial charge in [-0.1, -0.05) is 90.8 Å². The molecule has 3 aromatic carbocycles. The number of ether oxygens (including phenoxy) is 2. The number of methoxy groups -OCH3 is 1. The number of nitrogens with zero attached hydrogens (tertiary/aromatic N) is 2. The van der Waals surface area contributed by atoms with Crippen LogP contribution < -0.4 is 20.1 Å². The molecule has 2 saturated carbocycles. The lowest BCUT2D eigenvalue weighted by atomic mass is 10.0. The fraction of sp³-hybridized carbons (Fsp3) is 0.479. The van der Waals surface area contributed by atoms with Gasteiger partial charge < -0.3 is 29.8 Å². The van der Waals surface area contributed by atoms with E-state index >= 15 is 9.59 Å². The maximum atomic E-state index is 15.3. The van der Waals surface area contributed by atoms with Crippen molar-refractivity contribution in [1.82, 2.24) is 20.3 Å². The van der Waals surface area contributed by atoms with Gasteiger partial charge in [0.1, 0.15) is 40.8 Å². The fourth-order valence-electron chi connectivity index (χ4n) is 9.11. The van der Waals surface area contributed by atoms with Crippen molar-refractivity contribution < 1.29 is 41.9 Å². The average Bonchev–Trinajstić information content (AvgIpc) is 4.17. The second kappa shape index (κ2) is 17.8. The van der Waals surface area contributed by atoms with Crippen molar-refractivity contribution in [2.24, 2.45) is 11.1 Å². The molecule has 4 unspecified atom stereocenters. The highest BCUT2D eigenvalue weighted by molar-refractivity contribution is 7.91. The summed E-state index contributed by atoms with van der Waals surface area (Å²) in [6.45, 7) is 5.23. The molecule has 0 radical (unpaired) electrons. The minimum Gasteiger partial charge on any atom is -0.497 e. The third kappa shape index (κ3) is 9.63. The Balaban J connectivity index is 1.19. The van der Waals surface area contributed by atoms with Crippen LogP contribution in [0.3, 0.4) is 0 Å². The van der Waals surface area contributed by atoms with Crippen LogP contribution in [0.15, 0.2) is 90.1 Å². The highest BCUT2D eigenvalue weighted by Crippen LogP contribution is 2.46. The van der Waals surface area contributed by atoms with E-state index in [2.05, 4.69) is 15.4 Å². The monoisotopic (exact) mass is 879 g/mol. The molecule has 2 heterocycles. The topological polar surface area (TPSA) is 182 Å². The number of carbonyl (C=O) groups is 4. The lowest BCUT2D eigenvalue weighted by Crippen LogP contribution is -2.60. The molecule has 8 rings (SSSR count). The summed E-state index contributed by atoms with van der Waals surface area (Å²) < 4.78 is 39.4. The van der Waals surface area contributed by atoms with Crippen LogP contribution in [0.5, 0.6) is 5.75 Å². The number of carbonyl (C=O) groups excluding carboxylic acids is 4. The van der Waals surface area contributed by atoms with Crippen LogP contribution in [0.4, 0.5) is 4.79 Å². The number of amides is 4. The molecule has 3 N–H and O–H groups in total. The molecule has 1 saturated heterocycles. The van der Waals surface area contributed by atoms with Crippen molar-refractivity contribution in [2.75, 3.05) is 7.11 Å². The van der Waals surface area contributed by atoms with Gasteiger partial charge in [-0.25, -0.2) is 13.2 Å². The van der Waals surface area contributed by atoms with E-state index in [1.54, 1.807) is 27.9 Å². The number of hydrogen-bond acceptors (Lipinski definition) is 10. The molecule has 3 aliphatic carbocycles. The van der Waals surface area contributed by atoms with E-state index in [0.717, 1.165) is 40.7 Å². The molecular weight excluding hydrogens is 823 g/mol. The summed E-state index contributed by atoms with van der Waals surface area (Å²) in [7, 11) is -2.34. The van der Waals surface area contributed by atoms with Crippen molar-refractivity contribution in [3.05, 3.63) is 102 Å². The number of alkyl carbamates (subject to hydrolysis) is 1. The van der Waals surface area contributed by atoms with Crippen molar-refractivity contribution >= 4 is 39.5 Å². The van der Waals surface area contributed by atoms with Crippen molar-refractivity contribution in [3.8, 4) is 16.9 Å². The SMILES string of the molecule is COc1ccc(CC[C@H]2[C@H](ON=C3c4ccccc4-c4ccccc43)CC3C(=O)NC4(C(=O)NS(=O)(=O)C5CC5)CC4/C=C\CCCCCC(NC(=O)OC(C)(C)C)C(=O)N32)cc1. The van der Waals surface area contributed by atoms with Gasteiger partial charge in [0.25, 0.3) is 5.91 Å². The predicted molar refractivity (Wildman–Crippen MR) is 237 cm³/mol. The number of rotatable bonds is 10. The molecule has 6 atom stereocenters. The average molecular weight is 880 g/mol. The highest BCUT2D eigenvalue weighted by atomic mass is 32.2. The number of nitrogens with one attached hydrogen (secondary N) is 3. The zero-order chi connectivity index (χ0) is 44.5. The Morgan fingerprint density at radius 3 is 2.21 bits per heavy atom. The maximum Gasteiger partial charge on any atom is 0.408 e. The van der Waals surface area contributed by atoms with E-state index < -0.39 is 80.4 Å². The number of allylic oxidation sites excluding steroid dienone is 1. The van der Waals surface area contributed by atoms with Gasteiger partial charge in [0.2, 0.25) is 21.8 Å². The standard InChI is InChI=1S/C48H57N5O9S/c1-47(2,3)61-46(57)49-38-19-9-7-5-6-8-14-31-29-48(31,45(56)52-63(58,59)33-25-26-33)50-43(54)40-28-41(39(53(40)44(38)55)27-22-30-20-23-32(60-4)24-21-30)62-51-42-36-17-12-10-15-34(36)35-16-11-13-18-37(35)42/h8,10-18,20-21,23-24,31,33,38-41H,5-7,9,19,22,25-29H2,1-4H3,(H,49,57)(H,50,54)(H,52,56)/b14-8-/t31?,38?,39-,40?,41+,48?/m0/s1. The van der Waals surface area contributed by atoms with Crippen LogP contribution in [0, 0.1) is 5.92 Å². The second-order valence-corrected chi connectivity index (χ2v) is 20.3. The summed E-state index contributed by atoms with van der Waals surface area (Å²) in [5.74, 6) is -1.69. The lowest BCUT2D eigenvalue weighted by Gasteiger charge is -2.34. The number of hydrogen-bond donors (Lipinski definition) is 3. The number of aryl methyl sites for hydroxylation is 1. The number of fused-ring (bicyclic) bond motifs is 5. The summed E-state index contributed by atoms with van der Waals surface area (Å²) in [6.07, 6.45) is 7.30. The number of oxime groups is 1. The van der Waals surface area contributed by atoms with Crippen LogP contribution in [-0.4, -0.2) is 90.6 Å². The molecule has 0 bridgehead atoms. The predicted octanol–water partition coefficient (Wildman–Crippen LogP) is 6.31. The molecule has 0 aromatic heterocycles. The molecule has 2 aliphatic heterocycles. The maximum absolute atomic E-state index is 15.3.